The quantitative estimate of drug-likeness (QED) is 0.558. The summed E-state index contributed by atoms with van der Waals surface area (Å²) in [5.74, 6) is 0. The van der Waals surface area contributed by atoms with Crippen molar-refractivity contribution < 1.29 is 18.6 Å². The van der Waals surface area contributed by atoms with E-state index in [0.29, 0.717) is 0 Å². The Labute approximate surface area is 94.8 Å². The van der Waals surface area contributed by atoms with Gasteiger partial charge in [-0.3, -0.25) is 0 Å². The van der Waals surface area contributed by atoms with Gasteiger partial charge in [0.15, 0.2) is 0 Å². The van der Waals surface area contributed by atoms with Gasteiger partial charge in [-0.15, -0.1) is 0 Å². The maximum atomic E-state index is 6.25. The SMILES string of the molecule is [C-]#N.[CH]1[CH][CH][CH][CH]1.[CH]1[CH][CH][CH][CH]1.[V+4]. The van der Waals surface area contributed by atoms with Crippen LogP contribution in [0.5, 0.6) is 0 Å². The number of nitrogens with zero attached hydrogens (tertiary/aromatic N) is 1. The Hall–Kier alpha value is 0.0744. The standard InChI is InChI=1S/2C5H5.CN.V/c2*1-2-4-5-3-1;1-2;/h2*1-5H;;/q;;-1;+4. The minimum Gasteiger partial charge on any atom is -0.512 e. The summed E-state index contributed by atoms with van der Waals surface area (Å²) in [6.07, 6.45) is 20.0. The summed E-state index contributed by atoms with van der Waals surface area (Å²) in [4.78, 5) is 0. The summed E-state index contributed by atoms with van der Waals surface area (Å²) >= 11 is 0. The Balaban J connectivity index is 0. The second-order valence-electron chi connectivity index (χ2n) is 1.92. The van der Waals surface area contributed by atoms with Gasteiger partial charge >= 0.3 is 18.6 Å². The molecule has 2 aliphatic carbocycles. The minimum atomic E-state index is 0. The maximum Gasteiger partial charge on any atom is 4.00 e. The zero-order valence-corrected chi connectivity index (χ0v) is 8.56. The third-order valence-electron chi connectivity index (χ3n) is 1.11. The first-order valence-electron chi connectivity index (χ1n) is 3.56. The average molecular weight is 207 g/mol. The summed E-state index contributed by atoms with van der Waals surface area (Å²) in [5.41, 5.74) is 0. The van der Waals surface area contributed by atoms with Gasteiger partial charge in [0.25, 0.3) is 0 Å². The Morgan fingerprint density at radius 3 is 0.615 bits per heavy atom. The summed E-state index contributed by atoms with van der Waals surface area (Å²) in [6.45, 7) is 4.75. The van der Waals surface area contributed by atoms with Gasteiger partial charge in [-0.05, 0) is 64.2 Å². The van der Waals surface area contributed by atoms with Crippen LogP contribution >= 0.6 is 0 Å². The molecule has 0 aromatic carbocycles. The third-order valence-corrected chi connectivity index (χ3v) is 1.11. The zero-order chi connectivity index (χ0) is 9.07. The normalized spacial score (nSPS) is 18.6. The van der Waals surface area contributed by atoms with E-state index < -0.39 is 0 Å². The topological polar surface area (TPSA) is 23.8 Å². The first kappa shape index (κ1) is 15.5. The van der Waals surface area contributed by atoms with Crippen molar-refractivity contribution in [3.63, 3.8) is 0 Å². The van der Waals surface area contributed by atoms with Crippen molar-refractivity contribution in [1.82, 2.24) is 0 Å². The molecule has 2 saturated carbocycles. The second-order valence-corrected chi connectivity index (χ2v) is 1.92. The molecule has 0 heterocycles. The van der Waals surface area contributed by atoms with Crippen LogP contribution in [0.3, 0.4) is 0 Å². The van der Waals surface area contributed by atoms with E-state index >= 15 is 0 Å². The Kier molecular flexibility index (Phi) is 17.4. The van der Waals surface area contributed by atoms with Gasteiger partial charge in [0.05, 0.1) is 0 Å². The molecule has 13 heavy (non-hydrogen) atoms. The molecule has 1 nitrogen and oxygen atoms in total. The van der Waals surface area contributed by atoms with Crippen LogP contribution in [0.2, 0.25) is 0 Å². The van der Waals surface area contributed by atoms with Crippen LogP contribution in [0.25, 0.3) is 0 Å². The van der Waals surface area contributed by atoms with E-state index in [9.17, 15) is 0 Å². The van der Waals surface area contributed by atoms with Gasteiger partial charge in [-0.2, -0.15) is 0 Å². The van der Waals surface area contributed by atoms with Gasteiger partial charge in [0.2, 0.25) is 0 Å². The Morgan fingerprint density at radius 1 is 0.462 bits per heavy atom. The molecule has 0 aromatic heterocycles. The zero-order valence-electron chi connectivity index (χ0n) is 7.17. The molecule has 0 N–H and O–H groups in total. The molecule has 2 rings (SSSR count). The fourth-order valence-corrected chi connectivity index (χ4v) is 0.642. The summed E-state index contributed by atoms with van der Waals surface area (Å²) in [7, 11) is 0. The van der Waals surface area contributed by atoms with E-state index in [1.165, 1.54) is 0 Å². The van der Waals surface area contributed by atoms with Crippen molar-refractivity contribution in [2.24, 2.45) is 0 Å². The summed E-state index contributed by atoms with van der Waals surface area (Å²) in [6, 6.07) is 0. The minimum absolute atomic E-state index is 0. The van der Waals surface area contributed by atoms with Crippen LogP contribution in [-0.4, -0.2) is 0 Å². The first-order chi connectivity index (χ1) is 6.00. The number of hydrogen-bond donors (Lipinski definition) is 0. The molecular formula is C11H10NV+3. The molecule has 0 saturated heterocycles. The molecule has 0 spiro atoms. The third kappa shape index (κ3) is 12.1. The molecule has 11 radical (unpaired) electrons. The molecule has 0 aromatic rings. The van der Waals surface area contributed by atoms with Gasteiger partial charge in [0, 0.05) is 0 Å². The number of rotatable bonds is 0. The molecule has 0 aliphatic heterocycles. The van der Waals surface area contributed by atoms with Crippen molar-refractivity contribution in [2.45, 2.75) is 0 Å². The van der Waals surface area contributed by atoms with Gasteiger partial charge < -0.3 is 11.8 Å². The van der Waals surface area contributed by atoms with E-state index in [0.717, 1.165) is 0 Å². The Bertz CT molecular complexity index is 68.3. The summed E-state index contributed by atoms with van der Waals surface area (Å²) in [5, 5.41) is 6.25. The van der Waals surface area contributed by atoms with Gasteiger partial charge in [0.1, 0.15) is 0 Å². The predicted octanol–water partition coefficient (Wildman–Crippen LogP) is 2.14. The van der Waals surface area contributed by atoms with Crippen LogP contribution in [0.15, 0.2) is 0 Å². The molecule has 0 unspecified atom stereocenters. The van der Waals surface area contributed by atoms with Crippen LogP contribution < -0.4 is 0 Å². The smallest absolute Gasteiger partial charge is 0.512 e. The van der Waals surface area contributed by atoms with Crippen molar-refractivity contribution in [1.29, 1.82) is 5.26 Å². The van der Waals surface area contributed by atoms with Crippen molar-refractivity contribution in [2.75, 3.05) is 0 Å². The van der Waals surface area contributed by atoms with E-state index in [2.05, 4.69) is 0 Å². The van der Waals surface area contributed by atoms with E-state index in [1.54, 1.807) is 0 Å². The molecular weight excluding hydrogens is 197 g/mol. The monoisotopic (exact) mass is 207 g/mol. The molecule has 2 aliphatic rings. The largest absolute Gasteiger partial charge is 4.00 e. The number of hydrogen-bond acceptors (Lipinski definition) is 1. The van der Waals surface area contributed by atoms with Crippen LogP contribution in [0.4, 0.5) is 0 Å². The Morgan fingerprint density at radius 2 is 0.538 bits per heavy atom. The molecule has 0 atom stereocenters. The van der Waals surface area contributed by atoms with E-state index in [4.69, 9.17) is 11.8 Å². The molecule has 0 bridgehead atoms. The van der Waals surface area contributed by atoms with Crippen LogP contribution in [-0.2, 0) is 18.6 Å². The summed E-state index contributed by atoms with van der Waals surface area (Å²) < 4.78 is 0. The molecule has 0 amide bonds. The predicted molar refractivity (Wildman–Crippen MR) is 48.0 cm³/mol. The molecule has 2 fully saturated rings. The van der Waals surface area contributed by atoms with Crippen molar-refractivity contribution in [3.05, 3.63) is 70.8 Å². The van der Waals surface area contributed by atoms with E-state index in [1.807, 2.05) is 64.2 Å². The van der Waals surface area contributed by atoms with E-state index in [-0.39, 0.29) is 18.6 Å². The average Bonchev–Trinajstić information content (AvgIpc) is 2.87. The first-order valence-corrected chi connectivity index (χ1v) is 3.56. The molecule has 61 valence electrons. The molecule has 2 heteroatoms. The fraction of sp³-hybridized carbons (Fsp3) is 0. The maximum absolute atomic E-state index is 6.25. The van der Waals surface area contributed by atoms with Crippen LogP contribution in [0.1, 0.15) is 0 Å². The second kappa shape index (κ2) is 14.6. The van der Waals surface area contributed by atoms with Gasteiger partial charge in [-0.1, -0.05) is 0 Å². The fourth-order valence-electron chi connectivity index (χ4n) is 0.642. The van der Waals surface area contributed by atoms with Gasteiger partial charge in [-0.25, -0.2) is 0 Å². The van der Waals surface area contributed by atoms with Crippen LogP contribution in [0, 0.1) is 76.0 Å². The van der Waals surface area contributed by atoms with Crippen molar-refractivity contribution in [3.8, 4) is 0 Å². The van der Waals surface area contributed by atoms with Crippen molar-refractivity contribution >= 4 is 0 Å².